The summed E-state index contributed by atoms with van der Waals surface area (Å²) >= 11 is 0. The zero-order valence-electron chi connectivity index (χ0n) is 46.8. The van der Waals surface area contributed by atoms with Crippen LogP contribution in [-0.2, 0) is 49.1 Å². The number of hydrogen-bond acceptors (Lipinski definition) is 5. The van der Waals surface area contributed by atoms with Crippen molar-refractivity contribution in [1.29, 1.82) is 0 Å². The van der Waals surface area contributed by atoms with Gasteiger partial charge in [0.25, 0.3) is 0 Å². The maximum absolute atomic E-state index is 12.7. The zero-order valence-corrected chi connectivity index (χ0v) is 49.0. The molecular formula is C68H72N3O3Pt-. The van der Waals surface area contributed by atoms with Crippen LogP contribution >= 0.6 is 0 Å². The smallest absolute Gasteiger partial charge is 0.173 e. The second-order valence-corrected chi connectivity index (χ2v) is 26.0. The van der Waals surface area contributed by atoms with Crippen molar-refractivity contribution in [2.75, 3.05) is 0 Å². The third-order valence-corrected chi connectivity index (χ3v) is 14.6. The first kappa shape index (κ1) is 53.3. The Morgan fingerprint density at radius 2 is 1.23 bits per heavy atom. The molecule has 0 bridgehead atoms. The third kappa shape index (κ3) is 10.2. The van der Waals surface area contributed by atoms with Crippen molar-refractivity contribution in [3.8, 4) is 67.9 Å². The summed E-state index contributed by atoms with van der Waals surface area (Å²) in [5.74, 6) is 2.28. The summed E-state index contributed by atoms with van der Waals surface area (Å²) in [5.41, 5.74) is 16.5. The number of nitrogens with zero attached hydrogens (tertiary/aromatic N) is 3. The van der Waals surface area contributed by atoms with Gasteiger partial charge in [-0.15, -0.1) is 29.3 Å². The van der Waals surface area contributed by atoms with Gasteiger partial charge in [0.05, 0.1) is 22.3 Å². The molecule has 75 heavy (non-hydrogen) atoms. The van der Waals surface area contributed by atoms with Crippen molar-refractivity contribution in [2.24, 2.45) is 5.41 Å². The normalized spacial score (nSPS) is 12.8. The number of fused-ring (bicyclic) bond motifs is 3. The molecule has 7 heteroatoms. The summed E-state index contributed by atoms with van der Waals surface area (Å²) in [5, 5.41) is 14.6. The first-order valence-corrected chi connectivity index (χ1v) is 26.2. The number of hydrogen-bond donors (Lipinski definition) is 1. The molecule has 6 nitrogen and oxygen atoms in total. The number of benzene rings is 6. The Bertz CT molecular complexity index is 3790. The van der Waals surface area contributed by atoms with Crippen LogP contribution in [0.5, 0.6) is 5.75 Å². The second kappa shape index (κ2) is 19.0. The average molecular weight is 1170 g/mol. The summed E-state index contributed by atoms with van der Waals surface area (Å²) < 4.78 is 15.5. The molecule has 10 aromatic rings. The molecule has 0 atom stereocenters. The van der Waals surface area contributed by atoms with E-state index in [4.69, 9.17) is 18.8 Å². The zero-order chi connectivity index (χ0) is 53.0. The van der Waals surface area contributed by atoms with E-state index in [1.165, 1.54) is 11.1 Å². The minimum atomic E-state index is -0.349. The molecule has 0 aliphatic heterocycles. The largest absolute Gasteiger partial charge is 0.507 e. The summed E-state index contributed by atoms with van der Waals surface area (Å²) in [7, 11) is 0. The van der Waals surface area contributed by atoms with Gasteiger partial charge in [-0.05, 0) is 111 Å². The van der Waals surface area contributed by atoms with Gasteiger partial charge >= 0.3 is 0 Å². The number of aromatic nitrogens is 3. The van der Waals surface area contributed by atoms with Gasteiger partial charge in [0, 0.05) is 60.4 Å². The van der Waals surface area contributed by atoms with Gasteiger partial charge in [-0.1, -0.05) is 176 Å². The van der Waals surface area contributed by atoms with E-state index in [0.717, 1.165) is 107 Å². The fraction of sp³-hybridized carbons (Fsp3) is 0.324. The standard InChI is InChI=1S/C68H72N3O3.Pt/c1-40-49-31-41(39-64(2,3)4)25-28-56(49)74-62(40)58-38-51-57(73-58)29-30-69-59(51)44-32-43(33-46(34-44)66(8,9)10)48-23-20-24-55-60(48)70-63(52-36-47(67(11,12)13)37-53(61(52)72)68(14,15)16)71(55)54-27-26-45(65(5,6)7)35-50(54)42-21-18-17-19-22-42;/h17-31,33-38,72H,39H2,1-16H3;/q-1;. The van der Waals surface area contributed by atoms with Crippen LogP contribution in [-0.4, -0.2) is 19.6 Å². The molecule has 0 fully saturated rings. The van der Waals surface area contributed by atoms with E-state index in [1.54, 1.807) is 0 Å². The molecule has 4 aromatic heterocycles. The Morgan fingerprint density at radius 1 is 0.573 bits per heavy atom. The molecule has 0 unspecified atom stereocenters. The molecule has 1 N–H and O–H groups in total. The minimum absolute atomic E-state index is 0. The quantitative estimate of drug-likeness (QED) is 0.161. The third-order valence-electron chi connectivity index (χ3n) is 14.6. The topological polar surface area (TPSA) is 77.2 Å². The average Bonchev–Trinajstić information content (AvgIpc) is 4.03. The Hall–Kier alpha value is -6.49. The van der Waals surface area contributed by atoms with Crippen molar-refractivity contribution < 1.29 is 35.0 Å². The Labute approximate surface area is 458 Å². The Morgan fingerprint density at radius 3 is 1.89 bits per heavy atom. The monoisotopic (exact) mass is 1170 g/mol. The van der Waals surface area contributed by atoms with E-state index < -0.39 is 0 Å². The van der Waals surface area contributed by atoms with E-state index in [1.807, 2.05) is 12.3 Å². The first-order chi connectivity index (χ1) is 34.6. The molecule has 10 rings (SSSR count). The van der Waals surface area contributed by atoms with Crippen molar-refractivity contribution >= 4 is 33.0 Å². The van der Waals surface area contributed by atoms with Crippen molar-refractivity contribution in [3.05, 3.63) is 167 Å². The van der Waals surface area contributed by atoms with Crippen molar-refractivity contribution in [2.45, 2.75) is 139 Å². The molecule has 0 aliphatic rings. The number of phenolic OH excluding ortho intramolecular Hbond substituents is 1. The van der Waals surface area contributed by atoms with Crippen molar-refractivity contribution in [3.63, 3.8) is 0 Å². The molecule has 0 aliphatic carbocycles. The minimum Gasteiger partial charge on any atom is -0.507 e. The predicted octanol–water partition coefficient (Wildman–Crippen LogP) is 18.8. The van der Waals surface area contributed by atoms with Crippen LogP contribution in [0.3, 0.4) is 0 Å². The van der Waals surface area contributed by atoms with Crippen LogP contribution in [0.2, 0.25) is 0 Å². The van der Waals surface area contributed by atoms with Gasteiger partial charge in [-0.2, -0.15) is 0 Å². The number of para-hydroxylation sites is 1. The van der Waals surface area contributed by atoms with E-state index in [9.17, 15) is 5.11 Å². The first-order valence-electron chi connectivity index (χ1n) is 26.2. The van der Waals surface area contributed by atoms with Crippen LogP contribution in [0.4, 0.5) is 0 Å². The van der Waals surface area contributed by atoms with Gasteiger partial charge in [0.2, 0.25) is 0 Å². The number of pyridine rings is 1. The maximum Gasteiger partial charge on any atom is 0.173 e. The van der Waals surface area contributed by atoms with E-state index in [-0.39, 0.29) is 53.9 Å². The van der Waals surface area contributed by atoms with E-state index >= 15 is 0 Å². The van der Waals surface area contributed by atoms with Crippen LogP contribution in [0.25, 0.3) is 95.1 Å². The number of phenols is 1. The molecule has 0 saturated heterocycles. The van der Waals surface area contributed by atoms with Crippen molar-refractivity contribution in [1.82, 2.24) is 14.5 Å². The van der Waals surface area contributed by atoms with Crippen LogP contribution in [0.1, 0.15) is 137 Å². The van der Waals surface area contributed by atoms with E-state index in [0.29, 0.717) is 17.1 Å². The fourth-order valence-corrected chi connectivity index (χ4v) is 10.4. The van der Waals surface area contributed by atoms with Gasteiger partial charge < -0.3 is 13.9 Å². The maximum atomic E-state index is 12.7. The molecular weight excluding hydrogens is 1100 g/mol. The molecule has 4 heterocycles. The number of aryl methyl sites for hydroxylation is 1. The SMILES string of the molecule is Cc1c(-c2cc3c(-c4[c-]c(-c5cccc6c5nc(-c5cc(C(C)(C)C)cc(C(C)(C)C)c5O)n6-c5ccc(C(C)(C)C)cc5-c5ccccc5)cc(C(C)(C)C)c4)nccc3o2)oc2ccc(CC(C)(C)C)cc12.[Pt]. The van der Waals surface area contributed by atoms with Crippen LogP contribution in [0.15, 0.2) is 136 Å². The molecule has 0 spiro atoms. The molecule has 0 saturated carbocycles. The number of aromatic hydroxyl groups is 1. The summed E-state index contributed by atoms with van der Waals surface area (Å²) in [6, 6.07) is 47.1. The number of rotatable bonds is 7. The van der Waals surface area contributed by atoms with Gasteiger partial charge in [0.1, 0.15) is 22.7 Å². The molecule has 0 radical (unpaired) electrons. The fourth-order valence-electron chi connectivity index (χ4n) is 10.4. The number of furan rings is 2. The van der Waals surface area contributed by atoms with Crippen LogP contribution < -0.4 is 0 Å². The molecule has 6 aromatic carbocycles. The predicted molar refractivity (Wildman–Crippen MR) is 309 cm³/mol. The summed E-state index contributed by atoms with van der Waals surface area (Å²) in [6.45, 7) is 35.6. The van der Waals surface area contributed by atoms with E-state index in [2.05, 4.69) is 237 Å². The second-order valence-electron chi connectivity index (χ2n) is 26.0. The van der Waals surface area contributed by atoms with Gasteiger partial charge in [-0.25, -0.2) is 4.98 Å². The summed E-state index contributed by atoms with van der Waals surface area (Å²) in [6.07, 6.45) is 2.79. The molecule has 0 amide bonds. The number of imidazole rings is 1. The van der Waals surface area contributed by atoms with Gasteiger partial charge in [0.15, 0.2) is 11.5 Å². The van der Waals surface area contributed by atoms with Crippen LogP contribution in [0, 0.1) is 18.4 Å². The Kier molecular flexibility index (Phi) is 13.5. The molecule has 388 valence electrons. The summed E-state index contributed by atoms with van der Waals surface area (Å²) in [4.78, 5) is 10.8. The Balaban J connectivity index is 0.00000689. The van der Waals surface area contributed by atoms with Gasteiger partial charge in [-0.3, -0.25) is 9.55 Å².